The lowest BCUT2D eigenvalue weighted by Crippen LogP contribution is -2.50. The number of ether oxygens (including phenoxy) is 1. The number of aromatic nitrogens is 3. The van der Waals surface area contributed by atoms with Gasteiger partial charge < -0.3 is 19.3 Å². The predicted molar refractivity (Wildman–Crippen MR) is 128 cm³/mol. The van der Waals surface area contributed by atoms with Crippen LogP contribution >= 0.6 is 0 Å². The van der Waals surface area contributed by atoms with E-state index in [0.29, 0.717) is 11.6 Å². The number of carboxylic acid groups (broad SMARTS) is 1. The third kappa shape index (κ3) is 5.78. The first-order valence-electron chi connectivity index (χ1n) is 11.7. The van der Waals surface area contributed by atoms with Gasteiger partial charge in [-0.05, 0) is 30.9 Å². The van der Waals surface area contributed by atoms with E-state index in [1.54, 1.807) is 6.20 Å². The second-order valence-electron chi connectivity index (χ2n) is 8.52. The van der Waals surface area contributed by atoms with Gasteiger partial charge in [-0.15, -0.1) is 0 Å². The monoisotopic (exact) mass is 465 g/mol. The van der Waals surface area contributed by atoms with Gasteiger partial charge in [-0.2, -0.15) is 0 Å². The summed E-state index contributed by atoms with van der Waals surface area (Å²) in [5.74, 6) is 0.0636. The lowest BCUT2D eigenvalue weighted by atomic mass is 10.0. The summed E-state index contributed by atoms with van der Waals surface area (Å²) in [4.78, 5) is 35.0. The van der Waals surface area contributed by atoms with E-state index < -0.39 is 0 Å². The normalized spacial score (nSPS) is 17.2. The van der Waals surface area contributed by atoms with Crippen molar-refractivity contribution in [2.45, 2.75) is 31.8 Å². The number of imidazole rings is 1. The Balaban J connectivity index is 0.000000868. The van der Waals surface area contributed by atoms with Crippen LogP contribution in [0.15, 0.2) is 48.9 Å². The third-order valence-electron chi connectivity index (χ3n) is 6.50. The molecule has 9 heteroatoms. The number of carbonyl (C=O) groups is 2. The maximum absolute atomic E-state index is 13.1. The molecule has 1 N–H and O–H groups in total. The van der Waals surface area contributed by atoms with E-state index in [1.807, 2.05) is 23.4 Å². The number of amides is 1. The van der Waals surface area contributed by atoms with Crippen molar-refractivity contribution < 1.29 is 19.4 Å². The Bertz CT molecular complexity index is 1070. The second-order valence-corrected chi connectivity index (χ2v) is 8.52. The van der Waals surface area contributed by atoms with Gasteiger partial charge in [-0.1, -0.05) is 30.3 Å². The summed E-state index contributed by atoms with van der Waals surface area (Å²) >= 11 is 0. The van der Waals surface area contributed by atoms with Gasteiger partial charge in [0.1, 0.15) is 5.52 Å². The average molecular weight is 466 g/mol. The topological polar surface area (TPSA) is 101 Å². The molecule has 9 nitrogen and oxygen atoms in total. The maximum Gasteiger partial charge on any atom is 0.290 e. The van der Waals surface area contributed by atoms with Crippen molar-refractivity contribution in [2.75, 3.05) is 39.4 Å². The largest absolute Gasteiger partial charge is 0.483 e. The van der Waals surface area contributed by atoms with Gasteiger partial charge in [0.15, 0.2) is 5.65 Å². The number of benzene rings is 1. The first-order chi connectivity index (χ1) is 16.7. The van der Waals surface area contributed by atoms with E-state index in [0.717, 1.165) is 76.4 Å². The number of carbonyl (C=O) groups excluding carboxylic acids is 1. The minimum atomic E-state index is -0.250. The van der Waals surface area contributed by atoms with Gasteiger partial charge in [-0.3, -0.25) is 14.5 Å². The highest BCUT2D eigenvalue weighted by molar-refractivity contribution is 5.96. The number of hydrogen-bond donors (Lipinski definition) is 1. The number of fused-ring (bicyclic) bond motifs is 1. The Morgan fingerprint density at radius 3 is 2.50 bits per heavy atom. The molecular formula is C25H31N5O4. The van der Waals surface area contributed by atoms with Gasteiger partial charge in [-0.25, -0.2) is 9.97 Å². The van der Waals surface area contributed by atoms with Crippen molar-refractivity contribution in [3.63, 3.8) is 0 Å². The van der Waals surface area contributed by atoms with Crippen LogP contribution in [0.25, 0.3) is 11.2 Å². The molecule has 4 heterocycles. The molecule has 2 fully saturated rings. The van der Waals surface area contributed by atoms with Gasteiger partial charge in [0.05, 0.1) is 25.1 Å². The molecular weight excluding hydrogens is 434 g/mol. The summed E-state index contributed by atoms with van der Waals surface area (Å²) < 4.78 is 7.52. The summed E-state index contributed by atoms with van der Waals surface area (Å²) in [5.41, 5.74) is 3.53. The maximum atomic E-state index is 13.1. The Morgan fingerprint density at radius 2 is 1.79 bits per heavy atom. The molecule has 0 unspecified atom stereocenters. The summed E-state index contributed by atoms with van der Waals surface area (Å²) in [6, 6.07) is 12.9. The Kier molecular flexibility index (Phi) is 8.21. The van der Waals surface area contributed by atoms with Crippen molar-refractivity contribution >= 4 is 23.5 Å². The van der Waals surface area contributed by atoms with Crippen LogP contribution in [0.5, 0.6) is 0 Å². The van der Waals surface area contributed by atoms with Crippen LogP contribution in [0.3, 0.4) is 0 Å². The summed E-state index contributed by atoms with van der Waals surface area (Å²) in [6.07, 6.45) is 6.50. The molecule has 0 atom stereocenters. The van der Waals surface area contributed by atoms with Crippen LogP contribution in [-0.2, 0) is 22.5 Å². The molecule has 1 aromatic carbocycles. The molecule has 0 saturated carbocycles. The highest BCUT2D eigenvalue weighted by Gasteiger charge is 2.28. The zero-order valence-corrected chi connectivity index (χ0v) is 19.3. The van der Waals surface area contributed by atoms with E-state index in [4.69, 9.17) is 14.6 Å². The van der Waals surface area contributed by atoms with Crippen LogP contribution < -0.4 is 0 Å². The number of pyridine rings is 1. The van der Waals surface area contributed by atoms with Crippen molar-refractivity contribution in [3.8, 4) is 0 Å². The van der Waals surface area contributed by atoms with E-state index >= 15 is 0 Å². The smallest absolute Gasteiger partial charge is 0.290 e. The van der Waals surface area contributed by atoms with Gasteiger partial charge in [0.2, 0.25) is 0 Å². The minimum Gasteiger partial charge on any atom is -0.483 e. The Hall–Kier alpha value is -3.30. The lowest BCUT2D eigenvalue weighted by molar-refractivity contribution is -0.122. The first kappa shape index (κ1) is 23.8. The number of rotatable bonds is 5. The third-order valence-corrected chi connectivity index (χ3v) is 6.50. The summed E-state index contributed by atoms with van der Waals surface area (Å²) in [5, 5.41) is 6.89. The highest BCUT2D eigenvalue weighted by atomic mass is 16.5. The van der Waals surface area contributed by atoms with E-state index in [2.05, 4.69) is 43.7 Å². The quantitative estimate of drug-likeness (QED) is 0.577. The van der Waals surface area contributed by atoms with Crippen LogP contribution in [0.2, 0.25) is 0 Å². The van der Waals surface area contributed by atoms with Gasteiger partial charge in [0, 0.05) is 45.0 Å². The average Bonchev–Trinajstić information content (AvgIpc) is 3.31. The molecule has 0 spiro atoms. The molecule has 2 aliphatic heterocycles. The van der Waals surface area contributed by atoms with Gasteiger partial charge in [0.25, 0.3) is 12.4 Å². The van der Waals surface area contributed by atoms with Crippen LogP contribution in [0.4, 0.5) is 0 Å². The first-order valence-corrected chi connectivity index (χ1v) is 11.7. The molecule has 0 bridgehead atoms. The lowest BCUT2D eigenvalue weighted by Gasteiger charge is -2.40. The standard InChI is InChI=1S/C24H29N5O2.CH2O2/c30-24(28-10-7-21(8-11-28)27-12-14-31-15-13-27)20-16-22-23(25-17-20)29(18-26-22)9-6-19-4-2-1-3-5-19;2-1-3/h1-5,16-18,21H,6-15H2;1H,(H,2,3). The Morgan fingerprint density at radius 1 is 1.09 bits per heavy atom. The minimum absolute atomic E-state index is 0.0636. The number of morpholine rings is 1. The molecule has 5 rings (SSSR count). The van der Waals surface area contributed by atoms with Crippen LogP contribution in [0, 0.1) is 0 Å². The van der Waals surface area contributed by atoms with E-state index in [1.165, 1.54) is 5.56 Å². The van der Waals surface area contributed by atoms with E-state index in [-0.39, 0.29) is 12.4 Å². The zero-order valence-electron chi connectivity index (χ0n) is 19.3. The number of aryl methyl sites for hydroxylation is 2. The number of piperidine rings is 1. The number of likely N-dealkylation sites (tertiary alicyclic amines) is 1. The molecule has 2 aliphatic rings. The fourth-order valence-corrected chi connectivity index (χ4v) is 4.68. The summed E-state index contributed by atoms with van der Waals surface area (Å²) in [6.45, 7) is 5.81. The molecule has 2 aromatic heterocycles. The fourth-order valence-electron chi connectivity index (χ4n) is 4.68. The zero-order chi connectivity index (χ0) is 23.8. The Labute approximate surface area is 199 Å². The van der Waals surface area contributed by atoms with Crippen molar-refractivity contribution in [3.05, 3.63) is 60.0 Å². The van der Waals surface area contributed by atoms with Gasteiger partial charge >= 0.3 is 0 Å². The molecule has 1 amide bonds. The molecule has 34 heavy (non-hydrogen) atoms. The van der Waals surface area contributed by atoms with Crippen molar-refractivity contribution in [2.24, 2.45) is 0 Å². The molecule has 3 aromatic rings. The predicted octanol–water partition coefficient (Wildman–Crippen LogP) is 2.31. The molecule has 2 saturated heterocycles. The van der Waals surface area contributed by atoms with Crippen LogP contribution in [-0.4, -0.2) is 87.3 Å². The van der Waals surface area contributed by atoms with Crippen molar-refractivity contribution in [1.82, 2.24) is 24.3 Å². The van der Waals surface area contributed by atoms with Crippen LogP contribution in [0.1, 0.15) is 28.8 Å². The highest BCUT2D eigenvalue weighted by Crippen LogP contribution is 2.21. The summed E-state index contributed by atoms with van der Waals surface area (Å²) in [7, 11) is 0. The van der Waals surface area contributed by atoms with E-state index in [9.17, 15) is 4.79 Å². The number of nitrogens with zero attached hydrogens (tertiary/aromatic N) is 5. The second kappa shape index (κ2) is 11.7. The molecule has 180 valence electrons. The fraction of sp³-hybridized carbons (Fsp3) is 0.440. The SMILES string of the molecule is O=C(c1cnc2c(c1)ncn2CCc1ccccc1)N1CCC(N2CCOCC2)CC1.O=CO. The van der Waals surface area contributed by atoms with Crippen molar-refractivity contribution in [1.29, 1.82) is 0 Å². The number of hydrogen-bond acceptors (Lipinski definition) is 6. The molecule has 0 radical (unpaired) electrons. The molecule has 0 aliphatic carbocycles.